The number of anilines is 1. The number of hydrogen-bond acceptors (Lipinski definition) is 6. The molecule has 0 unspecified atom stereocenters. The Morgan fingerprint density at radius 2 is 1.97 bits per heavy atom. The number of rotatable bonds is 3. The summed E-state index contributed by atoms with van der Waals surface area (Å²) >= 11 is 1.44. The van der Waals surface area contributed by atoms with Gasteiger partial charge in [0.25, 0.3) is 0 Å². The van der Waals surface area contributed by atoms with Gasteiger partial charge in [0, 0.05) is 42.1 Å². The van der Waals surface area contributed by atoms with E-state index in [1.807, 2.05) is 49.1 Å². The lowest BCUT2D eigenvalue weighted by Crippen LogP contribution is -2.59. The topological polar surface area (TPSA) is 91.1 Å². The molecule has 32 heavy (non-hydrogen) atoms. The zero-order valence-electron chi connectivity index (χ0n) is 18.0. The summed E-state index contributed by atoms with van der Waals surface area (Å²) in [6, 6.07) is 13.5. The van der Waals surface area contributed by atoms with Crippen LogP contribution in [0.3, 0.4) is 0 Å². The molecule has 0 radical (unpaired) electrons. The average molecular weight is 446 g/mol. The van der Waals surface area contributed by atoms with Gasteiger partial charge in [-0.15, -0.1) is 0 Å². The Hall–Kier alpha value is -3.28. The Morgan fingerprint density at radius 3 is 2.66 bits per heavy atom. The zero-order chi connectivity index (χ0) is 22.3. The van der Waals surface area contributed by atoms with Gasteiger partial charge in [-0.3, -0.25) is 10.3 Å². The van der Waals surface area contributed by atoms with E-state index in [-0.39, 0.29) is 11.4 Å². The number of amides is 2. The van der Waals surface area contributed by atoms with Gasteiger partial charge < -0.3 is 9.64 Å². The molecule has 4 heterocycles. The Morgan fingerprint density at radius 1 is 1.19 bits per heavy atom. The van der Waals surface area contributed by atoms with Crippen molar-refractivity contribution in [2.45, 2.75) is 20.3 Å². The molecule has 2 aromatic heterocycles. The van der Waals surface area contributed by atoms with E-state index in [4.69, 9.17) is 9.72 Å². The minimum absolute atomic E-state index is 0.137. The summed E-state index contributed by atoms with van der Waals surface area (Å²) in [4.78, 5) is 24.8. The fraction of sp³-hybridized carbons (Fsp3) is 0.333. The van der Waals surface area contributed by atoms with Crippen molar-refractivity contribution in [1.29, 1.82) is 5.26 Å². The first-order valence-corrected chi connectivity index (χ1v) is 11.4. The quantitative estimate of drug-likeness (QED) is 0.635. The van der Waals surface area contributed by atoms with Crippen molar-refractivity contribution >= 4 is 22.5 Å². The summed E-state index contributed by atoms with van der Waals surface area (Å²) in [6.07, 6.45) is 1.01. The molecule has 1 spiro atoms. The van der Waals surface area contributed by atoms with Crippen LogP contribution >= 0.6 is 11.3 Å². The van der Waals surface area contributed by atoms with Gasteiger partial charge in [-0.25, -0.2) is 9.78 Å². The molecule has 1 N–H and O–H groups in total. The van der Waals surface area contributed by atoms with E-state index in [9.17, 15) is 10.1 Å². The summed E-state index contributed by atoms with van der Waals surface area (Å²) in [7, 11) is 0. The highest BCUT2D eigenvalue weighted by molar-refractivity contribution is 7.19. The maximum atomic E-state index is 12.8. The normalized spacial score (nSPS) is 16.6. The third-order valence-electron chi connectivity index (χ3n) is 5.97. The lowest BCUT2D eigenvalue weighted by molar-refractivity contribution is 0.0255. The van der Waals surface area contributed by atoms with E-state index in [0.29, 0.717) is 10.7 Å². The fourth-order valence-electron chi connectivity index (χ4n) is 4.44. The summed E-state index contributed by atoms with van der Waals surface area (Å²) < 4.78 is 5.51. The van der Waals surface area contributed by atoms with E-state index in [2.05, 4.69) is 16.4 Å². The number of nitrogens with zero attached hydrogens (tertiary/aromatic N) is 4. The molecule has 0 bridgehead atoms. The SMILES string of the molecule is Cc1cc(-c2sc(NC(=O)N3CC4(CCOC4)C3)nc2-c2cccc(C#N)c2)cc(C)n1. The van der Waals surface area contributed by atoms with E-state index < -0.39 is 0 Å². The van der Waals surface area contributed by atoms with Gasteiger partial charge in [0.15, 0.2) is 5.13 Å². The standard InChI is InChI=1S/C24H23N5O2S/c1-15-8-19(9-16(2)26-15)21-20(18-5-3-4-17(10-18)11-25)27-22(32-21)28-23(30)29-12-24(13-29)6-7-31-14-24/h3-5,8-10H,6-7,12-14H2,1-2H3,(H,27,28,30). The average Bonchev–Trinajstić information content (AvgIpc) is 3.39. The summed E-state index contributed by atoms with van der Waals surface area (Å²) in [6.45, 7) is 6.87. The van der Waals surface area contributed by atoms with Crippen molar-refractivity contribution in [1.82, 2.24) is 14.9 Å². The van der Waals surface area contributed by atoms with Gasteiger partial charge in [-0.2, -0.15) is 5.26 Å². The van der Waals surface area contributed by atoms with E-state index in [1.54, 1.807) is 6.07 Å². The molecule has 5 rings (SSSR count). The molecule has 8 heteroatoms. The van der Waals surface area contributed by atoms with E-state index in [1.165, 1.54) is 11.3 Å². The second kappa shape index (κ2) is 8.01. The molecule has 0 aliphatic carbocycles. The summed E-state index contributed by atoms with van der Waals surface area (Å²) in [5.41, 5.74) is 5.13. The van der Waals surface area contributed by atoms with Gasteiger partial charge >= 0.3 is 6.03 Å². The monoisotopic (exact) mass is 445 g/mol. The van der Waals surface area contributed by atoms with E-state index in [0.717, 1.165) is 65.8 Å². The highest BCUT2D eigenvalue weighted by atomic mass is 32.1. The number of benzene rings is 1. The predicted molar refractivity (Wildman–Crippen MR) is 123 cm³/mol. The Labute approximate surface area is 190 Å². The minimum Gasteiger partial charge on any atom is -0.381 e. The van der Waals surface area contributed by atoms with Crippen molar-refractivity contribution < 1.29 is 9.53 Å². The van der Waals surface area contributed by atoms with Crippen LogP contribution < -0.4 is 5.32 Å². The van der Waals surface area contributed by atoms with Crippen LogP contribution in [0.4, 0.5) is 9.93 Å². The van der Waals surface area contributed by atoms with Gasteiger partial charge in [-0.05, 0) is 50.1 Å². The first kappa shape index (κ1) is 20.6. The number of nitriles is 1. The third-order valence-corrected chi connectivity index (χ3v) is 6.99. The van der Waals surface area contributed by atoms with Crippen LogP contribution in [0.5, 0.6) is 0 Å². The molecular weight excluding hydrogens is 422 g/mol. The molecule has 2 aliphatic rings. The van der Waals surface area contributed by atoms with Crippen LogP contribution in [0, 0.1) is 30.6 Å². The number of pyridine rings is 1. The summed E-state index contributed by atoms with van der Waals surface area (Å²) in [5.74, 6) is 0. The number of thiazole rings is 1. The van der Waals surface area contributed by atoms with Crippen molar-refractivity contribution in [3.8, 4) is 27.8 Å². The molecule has 2 saturated heterocycles. The van der Waals surface area contributed by atoms with Gasteiger partial charge in [0.1, 0.15) is 0 Å². The van der Waals surface area contributed by atoms with Crippen molar-refractivity contribution in [2.24, 2.45) is 5.41 Å². The third kappa shape index (κ3) is 3.85. The molecular formula is C24H23N5O2S. The van der Waals surface area contributed by atoms with Crippen LogP contribution in [0.2, 0.25) is 0 Å². The van der Waals surface area contributed by atoms with Gasteiger partial charge in [0.05, 0.1) is 28.8 Å². The number of aromatic nitrogens is 2. The number of ether oxygens (including phenoxy) is 1. The molecule has 3 aromatic rings. The number of hydrogen-bond donors (Lipinski definition) is 1. The lowest BCUT2D eigenvalue weighted by Gasteiger charge is -2.46. The second-order valence-electron chi connectivity index (χ2n) is 8.62. The van der Waals surface area contributed by atoms with Gasteiger partial charge in [-0.1, -0.05) is 23.5 Å². The van der Waals surface area contributed by atoms with Crippen LogP contribution in [0.1, 0.15) is 23.4 Å². The molecule has 1 aromatic carbocycles. The molecule has 7 nitrogen and oxygen atoms in total. The number of carbonyl (C=O) groups is 1. The Kier molecular flexibility index (Phi) is 5.16. The maximum Gasteiger partial charge on any atom is 0.323 e. The Bertz CT molecular complexity index is 1210. The maximum absolute atomic E-state index is 12.8. The smallest absolute Gasteiger partial charge is 0.323 e. The van der Waals surface area contributed by atoms with Crippen molar-refractivity contribution in [3.05, 3.63) is 53.3 Å². The molecule has 0 atom stereocenters. The number of carbonyl (C=O) groups excluding carboxylic acids is 1. The van der Waals surface area contributed by atoms with Crippen LogP contribution in [-0.2, 0) is 4.74 Å². The lowest BCUT2D eigenvalue weighted by atomic mass is 9.79. The highest BCUT2D eigenvalue weighted by Gasteiger charge is 2.47. The summed E-state index contributed by atoms with van der Waals surface area (Å²) in [5, 5.41) is 12.8. The highest BCUT2D eigenvalue weighted by Crippen LogP contribution is 2.41. The Balaban J connectivity index is 1.47. The van der Waals surface area contributed by atoms with Crippen LogP contribution in [0.15, 0.2) is 36.4 Å². The number of nitrogens with one attached hydrogen (secondary N) is 1. The first-order valence-electron chi connectivity index (χ1n) is 10.6. The molecule has 2 aliphatic heterocycles. The van der Waals surface area contributed by atoms with Gasteiger partial charge in [0.2, 0.25) is 0 Å². The predicted octanol–water partition coefficient (Wildman–Crippen LogP) is 4.61. The van der Waals surface area contributed by atoms with Crippen molar-refractivity contribution in [2.75, 3.05) is 31.6 Å². The van der Waals surface area contributed by atoms with E-state index >= 15 is 0 Å². The largest absolute Gasteiger partial charge is 0.381 e. The molecule has 2 fully saturated rings. The minimum atomic E-state index is -0.137. The second-order valence-corrected chi connectivity index (χ2v) is 9.62. The van der Waals surface area contributed by atoms with Crippen molar-refractivity contribution in [3.63, 3.8) is 0 Å². The van der Waals surface area contributed by atoms with Crippen LogP contribution in [0.25, 0.3) is 21.7 Å². The zero-order valence-corrected chi connectivity index (χ0v) is 18.8. The van der Waals surface area contributed by atoms with Crippen LogP contribution in [-0.4, -0.2) is 47.2 Å². The molecule has 162 valence electrons. The molecule has 2 amide bonds. The number of likely N-dealkylation sites (tertiary alicyclic amines) is 1. The number of urea groups is 1. The first-order chi connectivity index (χ1) is 15.4. The number of aryl methyl sites for hydroxylation is 2. The fourth-order valence-corrected chi connectivity index (χ4v) is 5.41. The molecule has 0 saturated carbocycles.